The van der Waals surface area contributed by atoms with Crippen molar-refractivity contribution >= 4 is 17.0 Å². The second-order valence-corrected chi connectivity index (χ2v) is 7.07. The maximum atomic E-state index is 14.6. The summed E-state index contributed by atoms with van der Waals surface area (Å²) >= 11 is 1.52. The Bertz CT molecular complexity index is 851. The molecule has 1 saturated heterocycles. The van der Waals surface area contributed by atoms with E-state index in [1.165, 1.54) is 11.3 Å². The Morgan fingerprint density at radius 3 is 2.96 bits per heavy atom. The molecule has 1 aliphatic heterocycles. The van der Waals surface area contributed by atoms with Crippen LogP contribution in [0.2, 0.25) is 0 Å². The van der Waals surface area contributed by atoms with Crippen LogP contribution in [0, 0.1) is 5.82 Å². The van der Waals surface area contributed by atoms with E-state index in [4.69, 9.17) is 10.5 Å². The molecule has 6 nitrogen and oxygen atoms in total. The number of hydrogen-bond acceptors (Lipinski definition) is 6. The molecular formula is C17H18FN5OS. The number of nitrogens with zero attached hydrogens (tertiary/aromatic N) is 4. The lowest BCUT2D eigenvalue weighted by Gasteiger charge is -2.17. The third-order valence-electron chi connectivity index (χ3n) is 4.20. The molecule has 1 aromatic carbocycles. The quantitative estimate of drug-likeness (QED) is 0.758. The number of benzene rings is 1. The van der Waals surface area contributed by atoms with Crippen LogP contribution < -0.4 is 10.6 Å². The maximum Gasteiger partial charge on any atom is 0.133 e. The zero-order valence-electron chi connectivity index (χ0n) is 13.5. The lowest BCUT2D eigenvalue weighted by Crippen LogP contribution is -2.24. The van der Waals surface area contributed by atoms with Gasteiger partial charge in [-0.25, -0.2) is 9.07 Å². The molecule has 3 heterocycles. The van der Waals surface area contributed by atoms with Crippen molar-refractivity contribution in [3.63, 3.8) is 0 Å². The van der Waals surface area contributed by atoms with E-state index < -0.39 is 0 Å². The highest BCUT2D eigenvalue weighted by molar-refractivity contribution is 7.15. The summed E-state index contributed by atoms with van der Waals surface area (Å²) in [5.41, 5.74) is 7.06. The summed E-state index contributed by atoms with van der Waals surface area (Å²) < 4.78 is 22.1. The average molecular weight is 359 g/mol. The Labute approximate surface area is 148 Å². The first kappa shape index (κ1) is 16.2. The fourth-order valence-electron chi connectivity index (χ4n) is 2.91. The number of nitrogens with two attached hydrogens (primary N) is 1. The van der Waals surface area contributed by atoms with Crippen molar-refractivity contribution in [1.82, 2.24) is 15.0 Å². The number of aromatic nitrogens is 3. The lowest BCUT2D eigenvalue weighted by atomic mass is 10.1. The molecule has 0 radical (unpaired) electrons. The zero-order chi connectivity index (χ0) is 17.2. The molecule has 130 valence electrons. The van der Waals surface area contributed by atoms with Crippen LogP contribution in [0.15, 0.2) is 42.7 Å². The van der Waals surface area contributed by atoms with Gasteiger partial charge in [0.15, 0.2) is 0 Å². The molecule has 2 N–H and O–H groups in total. The second kappa shape index (κ2) is 6.91. The van der Waals surface area contributed by atoms with Crippen LogP contribution in [-0.2, 0) is 17.8 Å². The molecule has 3 aromatic rings. The average Bonchev–Trinajstić information content (AvgIpc) is 3.37. The van der Waals surface area contributed by atoms with E-state index in [-0.39, 0.29) is 11.9 Å². The standard InChI is InChI=1S/C17H18FN5OS/c18-16-7-12(1-3-15(16)17-4-2-14(8-19)25-17)22-9-13(24-11-22)10-23-6-5-20-21-23/h1-7,13H,8-11,19H2/t13-/m1/s1. The van der Waals surface area contributed by atoms with Gasteiger partial charge >= 0.3 is 0 Å². The third kappa shape index (κ3) is 3.41. The minimum atomic E-state index is -0.234. The van der Waals surface area contributed by atoms with Crippen molar-refractivity contribution < 1.29 is 9.13 Å². The molecule has 1 atom stereocenters. The fourth-order valence-corrected chi connectivity index (χ4v) is 3.82. The van der Waals surface area contributed by atoms with Gasteiger partial charge in [-0.15, -0.1) is 16.4 Å². The van der Waals surface area contributed by atoms with Crippen LogP contribution in [0.3, 0.4) is 0 Å². The van der Waals surface area contributed by atoms with E-state index in [2.05, 4.69) is 10.3 Å². The highest BCUT2D eigenvalue weighted by Crippen LogP contribution is 2.32. The Balaban J connectivity index is 1.47. The van der Waals surface area contributed by atoms with Crippen LogP contribution in [0.4, 0.5) is 10.1 Å². The Morgan fingerprint density at radius 1 is 1.32 bits per heavy atom. The van der Waals surface area contributed by atoms with Gasteiger partial charge in [-0.1, -0.05) is 5.21 Å². The van der Waals surface area contributed by atoms with Crippen molar-refractivity contribution in [3.8, 4) is 10.4 Å². The van der Waals surface area contributed by atoms with Crippen molar-refractivity contribution in [2.24, 2.45) is 5.73 Å². The number of hydrogen-bond donors (Lipinski definition) is 1. The summed E-state index contributed by atoms with van der Waals surface area (Å²) in [6.07, 6.45) is 3.45. The Hall–Kier alpha value is -2.29. The van der Waals surface area contributed by atoms with Crippen LogP contribution in [-0.4, -0.2) is 34.4 Å². The van der Waals surface area contributed by atoms with E-state index in [1.54, 1.807) is 23.1 Å². The van der Waals surface area contributed by atoms with Crippen molar-refractivity contribution in [1.29, 1.82) is 0 Å². The maximum absolute atomic E-state index is 14.6. The zero-order valence-corrected chi connectivity index (χ0v) is 14.3. The first-order valence-corrected chi connectivity index (χ1v) is 8.84. The minimum Gasteiger partial charge on any atom is -0.354 e. The molecule has 0 spiro atoms. The summed E-state index contributed by atoms with van der Waals surface area (Å²) in [4.78, 5) is 3.96. The van der Waals surface area contributed by atoms with Crippen molar-refractivity contribution in [2.45, 2.75) is 19.2 Å². The topological polar surface area (TPSA) is 69.2 Å². The first-order chi connectivity index (χ1) is 12.2. The number of anilines is 1. The molecular weight excluding hydrogens is 341 g/mol. The normalized spacial score (nSPS) is 17.4. The van der Waals surface area contributed by atoms with Gasteiger partial charge in [0.25, 0.3) is 0 Å². The highest BCUT2D eigenvalue weighted by atomic mass is 32.1. The van der Waals surface area contributed by atoms with E-state index >= 15 is 0 Å². The van der Waals surface area contributed by atoms with Crippen molar-refractivity contribution in [2.75, 3.05) is 18.2 Å². The molecule has 2 aromatic heterocycles. The SMILES string of the molecule is NCc1ccc(-c2ccc(N3CO[C@@H](Cn4ccnn4)C3)cc2F)s1. The van der Waals surface area contributed by atoms with Crippen LogP contribution >= 0.6 is 11.3 Å². The molecule has 0 amide bonds. The third-order valence-corrected chi connectivity index (χ3v) is 5.34. The van der Waals surface area contributed by atoms with Gasteiger partial charge in [0.2, 0.25) is 0 Å². The fraction of sp³-hybridized carbons (Fsp3) is 0.294. The smallest absolute Gasteiger partial charge is 0.133 e. The van der Waals surface area contributed by atoms with E-state index in [0.29, 0.717) is 31.9 Å². The molecule has 0 bridgehead atoms. The molecule has 8 heteroatoms. The predicted octanol–water partition coefficient (Wildman–Crippen LogP) is 2.47. The molecule has 1 fully saturated rings. The van der Waals surface area contributed by atoms with E-state index in [9.17, 15) is 4.39 Å². The predicted molar refractivity (Wildman–Crippen MR) is 94.7 cm³/mol. The summed E-state index contributed by atoms with van der Waals surface area (Å²) in [6, 6.07) is 9.18. The number of halogens is 1. The van der Waals surface area contributed by atoms with Crippen LogP contribution in [0.5, 0.6) is 0 Å². The van der Waals surface area contributed by atoms with Gasteiger partial charge < -0.3 is 15.4 Å². The number of thiophene rings is 1. The van der Waals surface area contributed by atoms with Gasteiger partial charge in [-0.3, -0.25) is 0 Å². The van der Waals surface area contributed by atoms with E-state index in [0.717, 1.165) is 15.4 Å². The van der Waals surface area contributed by atoms with Gasteiger partial charge in [0.1, 0.15) is 12.5 Å². The summed E-state index contributed by atoms with van der Waals surface area (Å²) in [7, 11) is 0. The summed E-state index contributed by atoms with van der Waals surface area (Å²) in [6.45, 7) is 2.24. The molecule has 0 saturated carbocycles. The largest absolute Gasteiger partial charge is 0.354 e. The summed E-state index contributed by atoms with van der Waals surface area (Å²) in [5, 5.41) is 7.73. The molecule has 1 aliphatic rings. The minimum absolute atomic E-state index is 0.00819. The Kier molecular flexibility index (Phi) is 4.48. The lowest BCUT2D eigenvalue weighted by molar-refractivity contribution is 0.0991. The molecule has 0 unspecified atom stereocenters. The monoisotopic (exact) mass is 359 g/mol. The van der Waals surface area contributed by atoms with Gasteiger partial charge in [0, 0.05) is 40.3 Å². The van der Waals surface area contributed by atoms with E-state index in [1.807, 2.05) is 29.2 Å². The molecule has 0 aliphatic carbocycles. The molecule has 25 heavy (non-hydrogen) atoms. The van der Waals surface area contributed by atoms with Crippen LogP contribution in [0.25, 0.3) is 10.4 Å². The number of ether oxygens (including phenoxy) is 1. The summed E-state index contributed by atoms with van der Waals surface area (Å²) in [5.74, 6) is -0.234. The van der Waals surface area contributed by atoms with Crippen LogP contribution in [0.1, 0.15) is 4.88 Å². The van der Waals surface area contributed by atoms with Gasteiger partial charge in [-0.2, -0.15) is 0 Å². The molecule has 4 rings (SSSR count). The highest BCUT2D eigenvalue weighted by Gasteiger charge is 2.24. The van der Waals surface area contributed by atoms with Gasteiger partial charge in [0.05, 0.1) is 18.8 Å². The Morgan fingerprint density at radius 2 is 2.24 bits per heavy atom. The van der Waals surface area contributed by atoms with Gasteiger partial charge in [-0.05, 0) is 30.3 Å². The van der Waals surface area contributed by atoms with Crippen molar-refractivity contribution in [3.05, 3.63) is 53.4 Å². The number of rotatable bonds is 5. The first-order valence-electron chi connectivity index (χ1n) is 8.02. The second-order valence-electron chi connectivity index (χ2n) is 5.90.